The molecular weight excluding hydrogens is 194 g/mol. The zero-order chi connectivity index (χ0) is 10.8. The van der Waals surface area contributed by atoms with Crippen molar-refractivity contribution in [1.29, 1.82) is 0 Å². The van der Waals surface area contributed by atoms with E-state index in [1.807, 2.05) is 20.8 Å². The van der Waals surface area contributed by atoms with E-state index in [1.54, 1.807) is 0 Å². The number of hydrogen-bond acceptors (Lipinski definition) is 2. The fourth-order valence-electron chi connectivity index (χ4n) is 1.67. The van der Waals surface area contributed by atoms with Crippen LogP contribution in [0.5, 0.6) is 0 Å². The first-order chi connectivity index (χ1) is 6.45. The summed E-state index contributed by atoms with van der Waals surface area (Å²) in [6, 6.07) is 0.462. The zero-order valence-corrected chi connectivity index (χ0v) is 10.6. The molecule has 0 saturated heterocycles. The topological polar surface area (TPSA) is 35.1 Å². The highest BCUT2D eigenvalue weighted by Crippen LogP contribution is 2.31. The molecule has 1 N–H and O–H groups in total. The smallest absolute Gasteiger partial charge is 0.136 e. The third-order valence-electron chi connectivity index (χ3n) is 2.97. The number of rotatable bonds is 4. The Morgan fingerprint density at radius 1 is 1.43 bits per heavy atom. The molecule has 1 aliphatic rings. The van der Waals surface area contributed by atoms with Crippen LogP contribution >= 0.6 is 0 Å². The summed E-state index contributed by atoms with van der Waals surface area (Å²) in [5, 5.41) is 0. The summed E-state index contributed by atoms with van der Waals surface area (Å²) in [4.78, 5) is 0. The standard InChI is InChI=1S/C11H23NOS/c1-5-10(9-7-6-8-9)12-14(13)11(2,3)4/h9-10,12H,5-8H2,1-4H3/t10-,14?/m0/s1. The van der Waals surface area contributed by atoms with Gasteiger partial charge >= 0.3 is 0 Å². The molecule has 1 saturated carbocycles. The quantitative estimate of drug-likeness (QED) is 0.735. The van der Waals surface area contributed by atoms with E-state index in [2.05, 4.69) is 11.6 Å². The molecule has 0 heterocycles. The molecule has 1 rings (SSSR count). The first-order valence-corrected chi connectivity index (χ1v) is 6.78. The van der Waals surface area contributed by atoms with Gasteiger partial charge in [-0.3, -0.25) is 0 Å². The van der Waals surface area contributed by atoms with Gasteiger partial charge in [0.2, 0.25) is 0 Å². The maximum absolute atomic E-state index is 11.9. The van der Waals surface area contributed by atoms with Crippen LogP contribution in [-0.2, 0) is 11.4 Å². The lowest BCUT2D eigenvalue weighted by atomic mass is 9.79. The van der Waals surface area contributed by atoms with Crippen LogP contribution in [-0.4, -0.2) is 15.3 Å². The van der Waals surface area contributed by atoms with Crippen LogP contribution in [0.1, 0.15) is 53.4 Å². The van der Waals surface area contributed by atoms with Crippen LogP contribution in [0.3, 0.4) is 0 Å². The fourth-order valence-corrected chi connectivity index (χ4v) is 2.66. The average Bonchev–Trinajstić information content (AvgIpc) is 1.97. The minimum Gasteiger partial charge on any atom is -0.598 e. The van der Waals surface area contributed by atoms with Crippen LogP contribution in [0.2, 0.25) is 0 Å². The van der Waals surface area contributed by atoms with Gasteiger partial charge in [0.15, 0.2) is 0 Å². The monoisotopic (exact) mass is 217 g/mol. The summed E-state index contributed by atoms with van der Waals surface area (Å²) in [7, 11) is 0. The lowest BCUT2D eigenvalue weighted by Gasteiger charge is -2.35. The van der Waals surface area contributed by atoms with E-state index in [0.29, 0.717) is 6.04 Å². The molecule has 0 amide bonds. The molecule has 0 aromatic heterocycles. The van der Waals surface area contributed by atoms with E-state index in [-0.39, 0.29) is 4.75 Å². The van der Waals surface area contributed by atoms with Gasteiger partial charge in [-0.1, -0.05) is 13.3 Å². The molecule has 3 heteroatoms. The Hall–Kier alpha value is 0.270. The van der Waals surface area contributed by atoms with E-state index in [0.717, 1.165) is 12.3 Å². The molecule has 2 nitrogen and oxygen atoms in total. The largest absolute Gasteiger partial charge is 0.598 e. The van der Waals surface area contributed by atoms with Gasteiger partial charge < -0.3 is 4.55 Å². The van der Waals surface area contributed by atoms with Crippen LogP contribution < -0.4 is 4.72 Å². The van der Waals surface area contributed by atoms with E-state index in [4.69, 9.17) is 0 Å². The Kier molecular flexibility index (Phi) is 4.29. The van der Waals surface area contributed by atoms with E-state index < -0.39 is 11.4 Å². The molecule has 0 aliphatic heterocycles. The fraction of sp³-hybridized carbons (Fsp3) is 1.00. The molecule has 0 spiro atoms. The summed E-state index contributed by atoms with van der Waals surface area (Å²) in [6.45, 7) is 8.23. The van der Waals surface area contributed by atoms with Crippen LogP contribution in [0.15, 0.2) is 0 Å². The number of hydrogen-bond donors (Lipinski definition) is 1. The van der Waals surface area contributed by atoms with Gasteiger partial charge in [-0.25, -0.2) is 0 Å². The lowest BCUT2D eigenvalue weighted by Crippen LogP contribution is -2.48. The predicted octanol–water partition coefficient (Wildman–Crippen LogP) is 2.62. The van der Waals surface area contributed by atoms with Gasteiger partial charge in [-0.05, 0) is 46.0 Å². The van der Waals surface area contributed by atoms with Crippen LogP contribution in [0.4, 0.5) is 0 Å². The van der Waals surface area contributed by atoms with Gasteiger partial charge in [0.05, 0.1) is 6.04 Å². The van der Waals surface area contributed by atoms with Crippen molar-refractivity contribution in [2.24, 2.45) is 5.92 Å². The van der Waals surface area contributed by atoms with Gasteiger partial charge in [-0.2, -0.15) is 0 Å². The molecule has 1 fully saturated rings. The van der Waals surface area contributed by atoms with Crippen molar-refractivity contribution in [2.45, 2.75) is 64.2 Å². The van der Waals surface area contributed by atoms with Crippen LogP contribution in [0.25, 0.3) is 0 Å². The lowest BCUT2D eigenvalue weighted by molar-refractivity contribution is 0.243. The first kappa shape index (κ1) is 12.3. The normalized spacial score (nSPS) is 22.9. The molecule has 84 valence electrons. The molecule has 0 aromatic rings. The Balaban J connectivity index is 2.39. The molecule has 2 atom stereocenters. The molecule has 1 unspecified atom stereocenters. The maximum atomic E-state index is 11.9. The summed E-state index contributed by atoms with van der Waals surface area (Å²) in [5.74, 6) is 0.770. The maximum Gasteiger partial charge on any atom is 0.136 e. The Morgan fingerprint density at radius 2 is 2.00 bits per heavy atom. The zero-order valence-electron chi connectivity index (χ0n) is 9.80. The molecule has 14 heavy (non-hydrogen) atoms. The van der Waals surface area contributed by atoms with Gasteiger partial charge in [0.25, 0.3) is 0 Å². The molecule has 0 aromatic carbocycles. The second-order valence-electron chi connectivity index (χ2n) is 5.20. The van der Waals surface area contributed by atoms with Gasteiger partial charge in [-0.15, -0.1) is 4.72 Å². The van der Waals surface area contributed by atoms with E-state index >= 15 is 0 Å². The van der Waals surface area contributed by atoms with Gasteiger partial charge in [0.1, 0.15) is 4.75 Å². The SMILES string of the molecule is CC[C@H](N[S+]([O-])C(C)(C)C)C1CCC1. The van der Waals surface area contributed by atoms with Crippen LogP contribution in [0, 0.1) is 5.92 Å². The van der Waals surface area contributed by atoms with Crippen molar-refractivity contribution in [3.8, 4) is 0 Å². The van der Waals surface area contributed by atoms with Gasteiger partial charge in [0, 0.05) is 11.4 Å². The Labute approximate surface area is 91.2 Å². The van der Waals surface area contributed by atoms with Crippen molar-refractivity contribution in [2.75, 3.05) is 0 Å². The average molecular weight is 217 g/mol. The highest BCUT2D eigenvalue weighted by Gasteiger charge is 2.33. The summed E-state index contributed by atoms with van der Waals surface area (Å²) < 4.78 is 15.0. The predicted molar refractivity (Wildman–Crippen MR) is 62.5 cm³/mol. The first-order valence-electron chi connectivity index (χ1n) is 5.63. The van der Waals surface area contributed by atoms with Crippen molar-refractivity contribution in [1.82, 2.24) is 4.72 Å². The minimum atomic E-state index is -0.906. The second-order valence-corrected chi connectivity index (χ2v) is 7.20. The third-order valence-corrected chi connectivity index (χ3v) is 4.60. The van der Waals surface area contributed by atoms with Crippen molar-refractivity contribution in [3.05, 3.63) is 0 Å². The van der Waals surface area contributed by atoms with Crippen molar-refractivity contribution in [3.63, 3.8) is 0 Å². The second kappa shape index (κ2) is 4.86. The third kappa shape index (κ3) is 3.14. The number of nitrogens with one attached hydrogen (secondary N) is 1. The molecule has 1 aliphatic carbocycles. The van der Waals surface area contributed by atoms with Crippen molar-refractivity contribution < 1.29 is 4.55 Å². The van der Waals surface area contributed by atoms with E-state index in [9.17, 15) is 4.55 Å². The summed E-state index contributed by atoms with van der Waals surface area (Å²) >= 11 is -0.906. The molecular formula is C11H23NOS. The Bertz CT molecular complexity index is 175. The highest BCUT2D eigenvalue weighted by atomic mass is 32.2. The van der Waals surface area contributed by atoms with E-state index in [1.165, 1.54) is 19.3 Å². The summed E-state index contributed by atoms with van der Waals surface area (Å²) in [5.41, 5.74) is 0. The minimum absolute atomic E-state index is 0.142. The highest BCUT2D eigenvalue weighted by molar-refractivity contribution is 7.90. The summed E-state index contributed by atoms with van der Waals surface area (Å²) in [6.07, 6.45) is 5.07. The molecule has 0 bridgehead atoms. The molecule has 0 radical (unpaired) electrons. The van der Waals surface area contributed by atoms with Crippen molar-refractivity contribution >= 4 is 11.4 Å². The Morgan fingerprint density at radius 3 is 2.29 bits per heavy atom.